The first-order chi connectivity index (χ1) is 8.24. The zero-order chi connectivity index (χ0) is 11.8. The maximum Gasteiger partial charge on any atom is 0.228 e. The smallest absolute Gasteiger partial charge is 0.228 e. The van der Waals surface area contributed by atoms with Crippen LogP contribution in [0.4, 0.5) is 5.69 Å². The molecule has 17 heavy (non-hydrogen) atoms. The van der Waals surface area contributed by atoms with E-state index in [1.165, 1.54) is 18.4 Å². The Balaban J connectivity index is 1.94. The van der Waals surface area contributed by atoms with E-state index in [4.69, 9.17) is 11.6 Å². The molecule has 0 saturated carbocycles. The van der Waals surface area contributed by atoms with E-state index >= 15 is 0 Å². The molecule has 1 atom stereocenters. The van der Waals surface area contributed by atoms with Gasteiger partial charge < -0.3 is 10.6 Å². The van der Waals surface area contributed by atoms with Crippen molar-refractivity contribution in [2.75, 3.05) is 11.9 Å². The van der Waals surface area contributed by atoms with Gasteiger partial charge in [0, 0.05) is 6.04 Å². The van der Waals surface area contributed by atoms with Gasteiger partial charge in [-0.3, -0.25) is 4.79 Å². The number of hydrogen-bond acceptors (Lipinski definition) is 2. The fraction of sp³-hybridized carbons (Fsp3) is 0.462. The number of hydrogen-bond donors (Lipinski definition) is 2. The Morgan fingerprint density at radius 3 is 2.94 bits per heavy atom. The first kappa shape index (κ1) is 11.1. The van der Waals surface area contributed by atoms with Crippen molar-refractivity contribution in [3.8, 4) is 0 Å². The van der Waals surface area contributed by atoms with Gasteiger partial charge in [0.05, 0.1) is 17.1 Å². The predicted molar refractivity (Wildman–Crippen MR) is 68.4 cm³/mol. The highest BCUT2D eigenvalue weighted by Crippen LogP contribution is 2.35. The van der Waals surface area contributed by atoms with Gasteiger partial charge in [0.2, 0.25) is 5.91 Å². The molecule has 0 bridgehead atoms. The van der Waals surface area contributed by atoms with Crippen LogP contribution >= 0.6 is 11.6 Å². The monoisotopic (exact) mass is 250 g/mol. The van der Waals surface area contributed by atoms with Gasteiger partial charge in [-0.25, -0.2) is 0 Å². The van der Waals surface area contributed by atoms with Gasteiger partial charge in [0.25, 0.3) is 0 Å². The second-order valence-corrected chi connectivity index (χ2v) is 5.17. The lowest BCUT2D eigenvalue weighted by Gasteiger charge is -2.24. The molecule has 2 aliphatic rings. The number of fused-ring (bicyclic) bond motifs is 1. The lowest BCUT2D eigenvalue weighted by atomic mass is 9.95. The maximum absolute atomic E-state index is 11.4. The number of piperidine rings is 1. The van der Waals surface area contributed by atoms with Crippen LogP contribution in [0.15, 0.2) is 12.1 Å². The van der Waals surface area contributed by atoms with E-state index in [0.29, 0.717) is 17.5 Å². The van der Waals surface area contributed by atoms with Crippen molar-refractivity contribution in [3.63, 3.8) is 0 Å². The van der Waals surface area contributed by atoms with Crippen LogP contribution in [0, 0.1) is 0 Å². The van der Waals surface area contributed by atoms with E-state index in [1.807, 2.05) is 6.07 Å². The molecule has 2 heterocycles. The van der Waals surface area contributed by atoms with Gasteiger partial charge in [-0.15, -0.1) is 0 Å². The first-order valence-electron chi connectivity index (χ1n) is 6.09. The van der Waals surface area contributed by atoms with E-state index in [2.05, 4.69) is 16.7 Å². The second kappa shape index (κ2) is 4.31. The summed E-state index contributed by atoms with van der Waals surface area (Å²) in [5.74, 6) is 0.0376. The molecule has 1 saturated heterocycles. The zero-order valence-electron chi connectivity index (χ0n) is 9.55. The number of anilines is 1. The molecule has 2 N–H and O–H groups in total. The van der Waals surface area contributed by atoms with Crippen LogP contribution in [0.2, 0.25) is 5.02 Å². The number of halogens is 1. The van der Waals surface area contributed by atoms with E-state index in [-0.39, 0.29) is 5.91 Å². The number of carbonyl (C=O) groups excluding carboxylic acids is 1. The number of nitrogens with one attached hydrogen (secondary N) is 2. The van der Waals surface area contributed by atoms with Crippen molar-refractivity contribution < 1.29 is 4.79 Å². The summed E-state index contributed by atoms with van der Waals surface area (Å²) in [5, 5.41) is 6.97. The topological polar surface area (TPSA) is 41.1 Å². The van der Waals surface area contributed by atoms with E-state index < -0.39 is 0 Å². The van der Waals surface area contributed by atoms with E-state index in [9.17, 15) is 4.79 Å². The highest BCUT2D eigenvalue weighted by Gasteiger charge is 2.23. The molecule has 1 amide bonds. The summed E-state index contributed by atoms with van der Waals surface area (Å²) in [4.78, 5) is 11.4. The van der Waals surface area contributed by atoms with Crippen molar-refractivity contribution in [1.82, 2.24) is 5.32 Å². The minimum atomic E-state index is 0.0376. The zero-order valence-corrected chi connectivity index (χ0v) is 10.3. The highest BCUT2D eigenvalue weighted by atomic mass is 35.5. The van der Waals surface area contributed by atoms with Crippen LogP contribution in [0.25, 0.3) is 0 Å². The lowest BCUT2D eigenvalue weighted by Crippen LogP contribution is -2.26. The van der Waals surface area contributed by atoms with E-state index in [1.54, 1.807) is 0 Å². The molecule has 0 aliphatic carbocycles. The summed E-state index contributed by atoms with van der Waals surface area (Å²) < 4.78 is 0. The molecule has 0 aromatic heterocycles. The van der Waals surface area contributed by atoms with Gasteiger partial charge in [-0.1, -0.05) is 24.1 Å². The molecular formula is C13H15ClN2O. The molecule has 3 nitrogen and oxygen atoms in total. The maximum atomic E-state index is 11.4. The average molecular weight is 251 g/mol. The highest BCUT2D eigenvalue weighted by molar-refractivity contribution is 6.34. The van der Waals surface area contributed by atoms with Crippen molar-refractivity contribution in [1.29, 1.82) is 0 Å². The predicted octanol–water partition coefficient (Wildman–Crippen LogP) is 2.65. The third-order valence-corrected chi connectivity index (χ3v) is 3.82. The van der Waals surface area contributed by atoms with Crippen LogP contribution in [0.1, 0.15) is 36.4 Å². The molecule has 1 aromatic carbocycles. The Bertz CT molecular complexity index is 467. The molecular weight excluding hydrogens is 236 g/mol. The average Bonchev–Trinajstić information content (AvgIpc) is 2.71. The Hall–Kier alpha value is -1.06. The van der Waals surface area contributed by atoms with Crippen LogP contribution in [0.3, 0.4) is 0 Å². The van der Waals surface area contributed by atoms with Crippen LogP contribution in [-0.2, 0) is 11.2 Å². The Morgan fingerprint density at radius 2 is 2.18 bits per heavy atom. The van der Waals surface area contributed by atoms with Crippen molar-refractivity contribution in [2.45, 2.75) is 31.7 Å². The van der Waals surface area contributed by atoms with Gasteiger partial charge in [0.1, 0.15) is 0 Å². The summed E-state index contributed by atoms with van der Waals surface area (Å²) in [6.45, 7) is 1.07. The van der Waals surface area contributed by atoms with Gasteiger partial charge in [-0.2, -0.15) is 0 Å². The molecule has 1 unspecified atom stereocenters. The van der Waals surface area contributed by atoms with Crippen LogP contribution < -0.4 is 10.6 Å². The lowest BCUT2D eigenvalue weighted by molar-refractivity contribution is -0.115. The number of carbonyl (C=O) groups is 1. The second-order valence-electron chi connectivity index (χ2n) is 4.76. The largest absolute Gasteiger partial charge is 0.324 e. The molecule has 2 aliphatic heterocycles. The van der Waals surface area contributed by atoms with Gasteiger partial charge in [-0.05, 0) is 36.6 Å². The molecule has 0 spiro atoms. The molecule has 1 aromatic rings. The quantitative estimate of drug-likeness (QED) is 0.805. The fourth-order valence-corrected chi connectivity index (χ4v) is 2.96. The molecule has 0 radical (unpaired) electrons. The third kappa shape index (κ3) is 2.05. The van der Waals surface area contributed by atoms with Crippen molar-refractivity contribution in [2.24, 2.45) is 0 Å². The molecule has 1 fully saturated rings. The van der Waals surface area contributed by atoms with Crippen molar-refractivity contribution >= 4 is 23.2 Å². The van der Waals surface area contributed by atoms with Gasteiger partial charge >= 0.3 is 0 Å². The Labute approximate surface area is 106 Å². The molecule has 90 valence electrons. The minimum absolute atomic E-state index is 0.0376. The van der Waals surface area contributed by atoms with Crippen LogP contribution in [-0.4, -0.2) is 12.5 Å². The number of rotatable bonds is 1. The SMILES string of the molecule is O=C1Cc2cc(C3CCCCN3)cc(Cl)c2N1. The Kier molecular flexibility index (Phi) is 2.81. The molecule has 3 rings (SSSR count). The van der Waals surface area contributed by atoms with Gasteiger partial charge in [0.15, 0.2) is 0 Å². The summed E-state index contributed by atoms with van der Waals surface area (Å²) in [6.07, 6.45) is 4.10. The first-order valence-corrected chi connectivity index (χ1v) is 6.47. The number of amides is 1. The standard InChI is InChI=1S/C13H15ClN2O/c14-10-6-8(11-3-1-2-4-15-11)5-9-7-12(17)16-13(9)10/h5-6,11,15H,1-4,7H2,(H,16,17). The fourth-order valence-electron chi connectivity index (χ4n) is 2.66. The minimum Gasteiger partial charge on any atom is -0.324 e. The summed E-state index contributed by atoms with van der Waals surface area (Å²) in [7, 11) is 0. The third-order valence-electron chi connectivity index (χ3n) is 3.52. The number of benzene rings is 1. The summed E-state index contributed by atoms with van der Waals surface area (Å²) in [6, 6.07) is 4.49. The summed E-state index contributed by atoms with van der Waals surface area (Å²) in [5.41, 5.74) is 3.05. The normalized spacial score (nSPS) is 23.4. The van der Waals surface area contributed by atoms with Crippen molar-refractivity contribution in [3.05, 3.63) is 28.3 Å². The van der Waals surface area contributed by atoms with E-state index in [0.717, 1.165) is 24.2 Å². The summed E-state index contributed by atoms with van der Waals surface area (Å²) >= 11 is 6.22. The van der Waals surface area contributed by atoms with Crippen LogP contribution in [0.5, 0.6) is 0 Å². The molecule has 4 heteroatoms. The Morgan fingerprint density at radius 1 is 1.29 bits per heavy atom.